The molecule has 0 aromatic heterocycles. The number of amides is 3. The van der Waals surface area contributed by atoms with Crippen molar-refractivity contribution < 1.29 is 23.9 Å². The van der Waals surface area contributed by atoms with Crippen molar-refractivity contribution in [1.29, 1.82) is 0 Å². The molecule has 0 atom stereocenters. The molecule has 2 aromatic carbocycles. The highest BCUT2D eigenvalue weighted by Crippen LogP contribution is 2.29. The van der Waals surface area contributed by atoms with Crippen molar-refractivity contribution in [2.45, 2.75) is 79.4 Å². The van der Waals surface area contributed by atoms with Crippen molar-refractivity contribution >= 4 is 40.9 Å². The average Bonchev–Trinajstić information content (AvgIpc) is 2.95. The average molecular weight is 644 g/mol. The Bertz CT molecular complexity index is 1610. The number of hydrogen-bond donors (Lipinski definition) is 2. The molecule has 10 heteroatoms. The highest BCUT2D eigenvalue weighted by Gasteiger charge is 2.25. The fourth-order valence-corrected chi connectivity index (χ4v) is 5.54. The molecule has 0 aliphatic carbocycles. The van der Waals surface area contributed by atoms with Crippen molar-refractivity contribution in [3.8, 4) is 0 Å². The van der Waals surface area contributed by atoms with Crippen LogP contribution in [0.2, 0.25) is 0 Å². The number of ether oxygens (including phenoxy) is 2. The molecule has 2 heterocycles. The molecule has 0 bridgehead atoms. The van der Waals surface area contributed by atoms with Crippen LogP contribution in [0.3, 0.4) is 0 Å². The summed E-state index contributed by atoms with van der Waals surface area (Å²) < 4.78 is 10.8. The number of anilines is 1. The lowest BCUT2D eigenvalue weighted by atomic mass is 9.94. The molecule has 0 fully saturated rings. The van der Waals surface area contributed by atoms with Gasteiger partial charge in [-0.1, -0.05) is 24.3 Å². The van der Waals surface area contributed by atoms with Crippen LogP contribution in [-0.4, -0.2) is 78.3 Å². The number of nitrogens with zero attached hydrogens (tertiary/aromatic N) is 3. The van der Waals surface area contributed by atoms with Crippen LogP contribution >= 0.6 is 0 Å². The smallest absolute Gasteiger partial charge is 0.437 e. The monoisotopic (exact) mass is 643 g/mol. The van der Waals surface area contributed by atoms with Crippen molar-refractivity contribution in [2.24, 2.45) is 4.99 Å². The summed E-state index contributed by atoms with van der Waals surface area (Å²) in [4.78, 5) is 46.5. The molecule has 2 aliphatic heterocycles. The highest BCUT2D eigenvalue weighted by molar-refractivity contribution is 6.05. The molecule has 0 saturated heterocycles. The first kappa shape index (κ1) is 35.4. The Morgan fingerprint density at radius 3 is 1.91 bits per heavy atom. The van der Waals surface area contributed by atoms with Crippen LogP contribution in [0.5, 0.6) is 0 Å². The standard InChI is InChI=1S/C37H49N5O5/c1-24-22-28(32(43)38-29-11-13-31(25(2)23-29)26-14-18-41(9)19-15-26)10-12-30(24)27-16-20-42(21-17-27)33(39-34(44)46-36(3,4)5)40-35(45)47-37(6,7)8/h10-14,16,22-23H,15,17-21H2,1-9H3,(H,38,43)(H,39,40,44,45). The van der Waals surface area contributed by atoms with Gasteiger partial charge >= 0.3 is 12.2 Å². The molecular formula is C37H49N5O5. The van der Waals surface area contributed by atoms with Gasteiger partial charge in [-0.05, 0) is 133 Å². The van der Waals surface area contributed by atoms with Crippen LogP contribution in [0.1, 0.15) is 87.0 Å². The van der Waals surface area contributed by atoms with Gasteiger partial charge in [-0.25, -0.2) is 9.59 Å². The second-order valence-corrected chi connectivity index (χ2v) is 14.2. The zero-order valence-electron chi connectivity index (χ0n) is 29.2. The maximum absolute atomic E-state index is 13.2. The van der Waals surface area contributed by atoms with Crippen molar-refractivity contribution in [2.75, 3.05) is 38.5 Å². The van der Waals surface area contributed by atoms with E-state index in [9.17, 15) is 14.4 Å². The van der Waals surface area contributed by atoms with Crippen LogP contribution in [0.4, 0.5) is 15.3 Å². The predicted molar refractivity (Wildman–Crippen MR) is 188 cm³/mol. The van der Waals surface area contributed by atoms with Gasteiger partial charge in [-0.2, -0.15) is 0 Å². The van der Waals surface area contributed by atoms with Gasteiger partial charge in [-0.3, -0.25) is 10.1 Å². The Morgan fingerprint density at radius 1 is 0.787 bits per heavy atom. The van der Waals surface area contributed by atoms with E-state index < -0.39 is 23.4 Å². The number of aliphatic imine (C=N–C) groups is 1. The topological polar surface area (TPSA) is 113 Å². The van der Waals surface area contributed by atoms with Crippen LogP contribution in [-0.2, 0) is 9.47 Å². The summed E-state index contributed by atoms with van der Waals surface area (Å²) in [6.07, 6.45) is 4.47. The summed E-state index contributed by atoms with van der Waals surface area (Å²) in [5.74, 6) is -0.0933. The Hall–Kier alpha value is -4.44. The van der Waals surface area contributed by atoms with E-state index in [0.717, 1.165) is 47.5 Å². The fraction of sp³-hybridized carbons (Fsp3) is 0.459. The number of likely N-dealkylation sites (N-methyl/N-ethyl adjacent to an activating group) is 1. The molecule has 10 nitrogen and oxygen atoms in total. The highest BCUT2D eigenvalue weighted by atomic mass is 16.6. The summed E-state index contributed by atoms with van der Waals surface area (Å²) in [5, 5.41) is 5.68. The number of carbonyl (C=O) groups is 3. The maximum Gasteiger partial charge on any atom is 0.437 e. The molecule has 0 saturated carbocycles. The van der Waals surface area contributed by atoms with Gasteiger partial charge in [0.1, 0.15) is 11.2 Å². The van der Waals surface area contributed by atoms with Gasteiger partial charge in [0, 0.05) is 37.4 Å². The Morgan fingerprint density at radius 2 is 1.38 bits per heavy atom. The summed E-state index contributed by atoms with van der Waals surface area (Å²) >= 11 is 0. The zero-order chi connectivity index (χ0) is 34.5. The van der Waals surface area contributed by atoms with Crippen molar-refractivity contribution in [3.05, 3.63) is 76.4 Å². The third kappa shape index (κ3) is 10.3. The number of guanidine groups is 1. The SMILES string of the molecule is Cc1cc(NC(=O)c2ccc(C3=CCN(C(=NC(=O)OC(C)(C)C)NC(=O)OC(C)(C)C)CC3)c(C)c2)ccc1C1=CCN(C)CC1. The third-order valence-electron chi connectivity index (χ3n) is 7.79. The van der Waals surface area contributed by atoms with E-state index in [-0.39, 0.29) is 11.9 Å². The molecule has 2 aromatic rings. The first-order valence-corrected chi connectivity index (χ1v) is 16.1. The maximum atomic E-state index is 13.2. The second-order valence-electron chi connectivity index (χ2n) is 14.2. The van der Waals surface area contributed by atoms with Crippen LogP contribution in [0, 0.1) is 13.8 Å². The quantitative estimate of drug-likeness (QED) is 0.268. The summed E-state index contributed by atoms with van der Waals surface area (Å²) in [6.45, 7) is 17.5. The van der Waals surface area contributed by atoms with Gasteiger partial charge < -0.3 is 24.6 Å². The van der Waals surface area contributed by atoms with E-state index in [1.165, 1.54) is 11.1 Å². The molecular weight excluding hydrogens is 594 g/mol. The number of nitrogens with one attached hydrogen (secondary N) is 2. The van der Waals surface area contributed by atoms with Gasteiger partial charge in [0.05, 0.1) is 0 Å². The van der Waals surface area contributed by atoms with Crippen LogP contribution in [0.25, 0.3) is 11.1 Å². The zero-order valence-corrected chi connectivity index (χ0v) is 29.2. The molecule has 47 heavy (non-hydrogen) atoms. The first-order chi connectivity index (χ1) is 22.0. The van der Waals surface area contributed by atoms with Crippen LogP contribution < -0.4 is 10.6 Å². The molecule has 252 valence electrons. The van der Waals surface area contributed by atoms with Gasteiger partial charge in [0.25, 0.3) is 5.91 Å². The lowest BCUT2D eigenvalue weighted by Gasteiger charge is -2.30. The number of benzene rings is 2. The van der Waals surface area contributed by atoms with E-state index in [4.69, 9.17) is 9.47 Å². The third-order valence-corrected chi connectivity index (χ3v) is 7.79. The number of alkyl carbamates (subject to hydrolysis) is 1. The molecule has 0 unspecified atom stereocenters. The summed E-state index contributed by atoms with van der Waals surface area (Å²) in [7, 11) is 2.13. The fourth-order valence-electron chi connectivity index (χ4n) is 5.54. The van der Waals surface area contributed by atoms with Crippen LogP contribution in [0.15, 0.2) is 53.5 Å². The van der Waals surface area contributed by atoms with Crippen molar-refractivity contribution in [1.82, 2.24) is 15.1 Å². The molecule has 0 spiro atoms. The van der Waals surface area contributed by atoms with E-state index in [1.54, 1.807) is 46.4 Å². The van der Waals surface area contributed by atoms with E-state index in [1.807, 2.05) is 43.3 Å². The normalized spacial score (nSPS) is 16.2. The largest absolute Gasteiger partial charge is 0.444 e. The molecule has 0 radical (unpaired) electrons. The Kier molecular flexibility index (Phi) is 11.0. The minimum atomic E-state index is -0.802. The van der Waals surface area contributed by atoms with Gasteiger partial charge in [0.2, 0.25) is 5.96 Å². The number of carbonyl (C=O) groups excluding carboxylic acids is 3. The van der Waals surface area contributed by atoms with E-state index in [0.29, 0.717) is 25.1 Å². The van der Waals surface area contributed by atoms with E-state index >= 15 is 0 Å². The van der Waals surface area contributed by atoms with Gasteiger partial charge in [-0.15, -0.1) is 4.99 Å². The Labute approximate surface area is 278 Å². The minimum absolute atomic E-state index is 0.0684. The summed E-state index contributed by atoms with van der Waals surface area (Å²) in [6, 6.07) is 11.8. The number of rotatable bonds is 4. The summed E-state index contributed by atoms with van der Waals surface area (Å²) in [5.41, 5.74) is 6.76. The predicted octanol–water partition coefficient (Wildman–Crippen LogP) is 7.18. The van der Waals surface area contributed by atoms with Gasteiger partial charge in [0.15, 0.2) is 0 Å². The van der Waals surface area contributed by atoms with E-state index in [2.05, 4.69) is 46.6 Å². The first-order valence-electron chi connectivity index (χ1n) is 16.1. The lowest BCUT2D eigenvalue weighted by Crippen LogP contribution is -2.48. The minimum Gasteiger partial charge on any atom is -0.444 e. The molecule has 2 aliphatic rings. The lowest BCUT2D eigenvalue weighted by molar-refractivity contribution is 0.0554. The second kappa shape index (κ2) is 14.5. The molecule has 3 amide bonds. The number of hydrogen-bond acceptors (Lipinski definition) is 6. The van der Waals surface area contributed by atoms with Crippen molar-refractivity contribution in [3.63, 3.8) is 0 Å². The molecule has 2 N–H and O–H groups in total. The Balaban J connectivity index is 1.44. The number of aryl methyl sites for hydroxylation is 2. The molecule has 4 rings (SSSR count).